The molecular formula is C29H32Cl2N2O2. The molecule has 3 aromatic carbocycles. The van der Waals surface area contributed by atoms with Crippen molar-refractivity contribution in [3.63, 3.8) is 0 Å². The summed E-state index contributed by atoms with van der Waals surface area (Å²) in [6.45, 7) is 6.99. The van der Waals surface area contributed by atoms with Crippen molar-refractivity contribution in [1.29, 1.82) is 0 Å². The third-order valence-corrected chi connectivity index (χ3v) is 6.51. The molecule has 1 atom stereocenters. The number of carbonyl (C=O) groups is 2. The van der Waals surface area contributed by atoms with E-state index >= 15 is 0 Å². The normalized spacial score (nSPS) is 11.8. The second kappa shape index (κ2) is 12.8. The van der Waals surface area contributed by atoms with Crippen molar-refractivity contribution in [2.75, 3.05) is 6.54 Å². The highest BCUT2D eigenvalue weighted by Gasteiger charge is 2.30. The Labute approximate surface area is 218 Å². The number of amides is 2. The molecule has 0 saturated heterocycles. The number of halogens is 2. The second-order valence-electron chi connectivity index (χ2n) is 9.28. The van der Waals surface area contributed by atoms with Gasteiger partial charge in [-0.05, 0) is 41.7 Å². The monoisotopic (exact) mass is 510 g/mol. The van der Waals surface area contributed by atoms with Crippen molar-refractivity contribution in [1.82, 2.24) is 10.2 Å². The zero-order valence-corrected chi connectivity index (χ0v) is 21.9. The maximum absolute atomic E-state index is 13.7. The summed E-state index contributed by atoms with van der Waals surface area (Å²) >= 11 is 12.3. The summed E-state index contributed by atoms with van der Waals surface area (Å²) in [6, 6.07) is 22.4. The van der Waals surface area contributed by atoms with E-state index in [0.717, 1.165) is 22.3 Å². The number of hydrogen-bond donors (Lipinski definition) is 1. The smallest absolute Gasteiger partial charge is 0.243 e. The molecule has 1 unspecified atom stereocenters. The van der Waals surface area contributed by atoms with Gasteiger partial charge >= 0.3 is 0 Å². The SMILES string of the molecule is Cc1ccc(CN(C(=O)Cc2ccc(Cl)c(Cl)c2)C(Cc2ccccc2)C(=O)NCC(C)C)cc1. The predicted molar refractivity (Wildman–Crippen MR) is 144 cm³/mol. The molecule has 2 amide bonds. The highest BCUT2D eigenvalue weighted by molar-refractivity contribution is 6.42. The Balaban J connectivity index is 1.95. The van der Waals surface area contributed by atoms with E-state index < -0.39 is 6.04 Å². The Morgan fingerprint density at radius 3 is 2.14 bits per heavy atom. The molecule has 184 valence electrons. The lowest BCUT2D eigenvalue weighted by Crippen LogP contribution is -2.51. The number of rotatable bonds is 10. The summed E-state index contributed by atoms with van der Waals surface area (Å²) in [5.41, 5.74) is 3.85. The minimum atomic E-state index is -0.660. The summed E-state index contributed by atoms with van der Waals surface area (Å²) < 4.78 is 0. The predicted octanol–water partition coefficient (Wildman–Crippen LogP) is 6.26. The minimum Gasteiger partial charge on any atom is -0.354 e. The topological polar surface area (TPSA) is 49.4 Å². The molecule has 0 aromatic heterocycles. The third kappa shape index (κ3) is 8.12. The molecule has 1 N–H and O–H groups in total. The van der Waals surface area contributed by atoms with Crippen molar-refractivity contribution in [2.45, 2.75) is 46.2 Å². The Bertz CT molecular complexity index is 1130. The number of hydrogen-bond acceptors (Lipinski definition) is 2. The number of carbonyl (C=O) groups excluding carboxylic acids is 2. The van der Waals surface area contributed by atoms with E-state index in [1.807, 2.05) is 75.4 Å². The van der Waals surface area contributed by atoms with Gasteiger partial charge in [0.05, 0.1) is 16.5 Å². The highest BCUT2D eigenvalue weighted by Crippen LogP contribution is 2.24. The first-order valence-electron chi connectivity index (χ1n) is 11.8. The number of aryl methyl sites for hydroxylation is 1. The first-order valence-corrected chi connectivity index (χ1v) is 12.6. The van der Waals surface area contributed by atoms with Crippen LogP contribution in [0.4, 0.5) is 0 Å². The van der Waals surface area contributed by atoms with Gasteiger partial charge in [-0.15, -0.1) is 0 Å². The molecule has 0 fully saturated rings. The summed E-state index contributed by atoms with van der Waals surface area (Å²) in [4.78, 5) is 28.9. The van der Waals surface area contributed by atoms with Crippen LogP contribution in [0, 0.1) is 12.8 Å². The van der Waals surface area contributed by atoms with E-state index in [2.05, 4.69) is 5.32 Å². The average molecular weight is 511 g/mol. The Morgan fingerprint density at radius 1 is 0.857 bits per heavy atom. The minimum absolute atomic E-state index is 0.117. The van der Waals surface area contributed by atoms with Crippen LogP contribution in [0.2, 0.25) is 10.0 Å². The van der Waals surface area contributed by atoms with Crippen molar-refractivity contribution in [3.8, 4) is 0 Å². The molecule has 0 heterocycles. The molecule has 0 bridgehead atoms. The zero-order chi connectivity index (χ0) is 25.4. The number of benzene rings is 3. The third-order valence-electron chi connectivity index (χ3n) is 5.77. The Morgan fingerprint density at radius 2 is 1.51 bits per heavy atom. The van der Waals surface area contributed by atoms with Crippen LogP contribution in [0.3, 0.4) is 0 Å². The molecule has 3 aromatic rings. The number of nitrogens with zero attached hydrogens (tertiary/aromatic N) is 1. The quantitative estimate of drug-likeness (QED) is 0.350. The van der Waals surface area contributed by atoms with E-state index in [1.54, 1.807) is 23.1 Å². The molecule has 0 aliphatic carbocycles. The van der Waals surface area contributed by atoms with E-state index in [-0.39, 0.29) is 18.2 Å². The van der Waals surface area contributed by atoms with Crippen LogP contribution in [0.1, 0.15) is 36.1 Å². The fraction of sp³-hybridized carbons (Fsp3) is 0.310. The van der Waals surface area contributed by atoms with Crippen LogP contribution < -0.4 is 5.32 Å². The maximum Gasteiger partial charge on any atom is 0.243 e. The van der Waals surface area contributed by atoms with Gasteiger partial charge in [0.2, 0.25) is 11.8 Å². The van der Waals surface area contributed by atoms with Crippen LogP contribution in [0.5, 0.6) is 0 Å². The molecule has 35 heavy (non-hydrogen) atoms. The van der Waals surface area contributed by atoms with Crippen molar-refractivity contribution in [2.24, 2.45) is 5.92 Å². The molecular weight excluding hydrogens is 479 g/mol. The van der Waals surface area contributed by atoms with E-state index in [4.69, 9.17) is 23.2 Å². The summed E-state index contributed by atoms with van der Waals surface area (Å²) in [6.07, 6.45) is 0.537. The van der Waals surface area contributed by atoms with Gasteiger partial charge in [-0.3, -0.25) is 9.59 Å². The lowest BCUT2D eigenvalue weighted by Gasteiger charge is -2.32. The molecule has 4 nitrogen and oxygen atoms in total. The fourth-order valence-electron chi connectivity index (χ4n) is 3.79. The number of nitrogens with one attached hydrogen (secondary N) is 1. The highest BCUT2D eigenvalue weighted by atomic mass is 35.5. The lowest BCUT2D eigenvalue weighted by atomic mass is 10.0. The van der Waals surface area contributed by atoms with Crippen LogP contribution >= 0.6 is 23.2 Å². The second-order valence-corrected chi connectivity index (χ2v) is 10.1. The van der Waals surface area contributed by atoms with Gasteiger partial charge in [-0.2, -0.15) is 0 Å². The van der Waals surface area contributed by atoms with Gasteiger partial charge in [0.15, 0.2) is 0 Å². The maximum atomic E-state index is 13.7. The molecule has 0 saturated carbocycles. The molecule has 0 aliphatic heterocycles. The molecule has 0 radical (unpaired) electrons. The van der Waals surface area contributed by atoms with E-state index in [9.17, 15) is 9.59 Å². The molecule has 0 aliphatic rings. The van der Waals surface area contributed by atoms with Crippen molar-refractivity contribution in [3.05, 3.63) is 105 Å². The molecule has 6 heteroatoms. The Hall–Kier alpha value is -2.82. The van der Waals surface area contributed by atoms with Gasteiger partial charge in [-0.25, -0.2) is 0 Å². The lowest BCUT2D eigenvalue weighted by molar-refractivity contribution is -0.140. The molecule has 3 rings (SSSR count). The first-order chi connectivity index (χ1) is 16.7. The van der Waals surface area contributed by atoms with Crippen LogP contribution in [-0.2, 0) is 29.0 Å². The van der Waals surface area contributed by atoms with Crippen LogP contribution in [-0.4, -0.2) is 29.3 Å². The van der Waals surface area contributed by atoms with Crippen molar-refractivity contribution >= 4 is 35.0 Å². The van der Waals surface area contributed by atoms with Crippen LogP contribution in [0.15, 0.2) is 72.8 Å². The van der Waals surface area contributed by atoms with Gasteiger partial charge < -0.3 is 10.2 Å². The summed E-state index contributed by atoms with van der Waals surface area (Å²) in [5, 5.41) is 3.88. The fourth-order valence-corrected chi connectivity index (χ4v) is 4.11. The standard InChI is InChI=1S/C29H32Cl2N2O2/c1-20(2)18-32-29(35)27(16-22-7-5-4-6-8-22)33(19-23-11-9-21(3)10-12-23)28(34)17-24-13-14-25(30)26(31)15-24/h4-15,20,27H,16-19H2,1-3H3,(H,32,35). The largest absolute Gasteiger partial charge is 0.354 e. The van der Waals surface area contributed by atoms with E-state index in [1.165, 1.54) is 0 Å². The Kier molecular flexibility index (Phi) is 9.76. The summed E-state index contributed by atoms with van der Waals surface area (Å²) in [5.74, 6) is -0.00414. The van der Waals surface area contributed by atoms with Crippen LogP contribution in [0.25, 0.3) is 0 Å². The van der Waals surface area contributed by atoms with Crippen molar-refractivity contribution < 1.29 is 9.59 Å². The molecule has 0 spiro atoms. The summed E-state index contributed by atoms with van der Waals surface area (Å²) in [7, 11) is 0. The van der Waals surface area contributed by atoms with Gasteiger partial charge in [0.25, 0.3) is 0 Å². The van der Waals surface area contributed by atoms with Gasteiger partial charge in [-0.1, -0.05) is 103 Å². The van der Waals surface area contributed by atoms with E-state index in [0.29, 0.717) is 35.5 Å². The zero-order valence-electron chi connectivity index (χ0n) is 20.4. The van der Waals surface area contributed by atoms with Gasteiger partial charge in [0, 0.05) is 19.5 Å². The van der Waals surface area contributed by atoms with Gasteiger partial charge in [0.1, 0.15) is 6.04 Å². The average Bonchev–Trinajstić information content (AvgIpc) is 2.84. The first kappa shape index (κ1) is 26.8.